The second kappa shape index (κ2) is 5.59. The van der Waals surface area contributed by atoms with Crippen LogP contribution in [0, 0.1) is 0 Å². The van der Waals surface area contributed by atoms with Gasteiger partial charge in [-0.15, -0.1) is 0 Å². The first-order valence-corrected chi connectivity index (χ1v) is 7.15. The second-order valence-corrected chi connectivity index (χ2v) is 5.09. The minimum atomic E-state index is -0.374. The number of hydrogen-bond acceptors (Lipinski definition) is 5. The van der Waals surface area contributed by atoms with Gasteiger partial charge in [-0.3, -0.25) is 9.48 Å². The van der Waals surface area contributed by atoms with Crippen LogP contribution in [-0.2, 0) is 13.5 Å². The molecule has 0 saturated carbocycles. The molecule has 3 aromatic rings. The first kappa shape index (κ1) is 14.2. The SMILES string of the molecule is CCc1noc([C@H](C)NC(=O)c2nn(C)c3ccccc23)n1. The van der Waals surface area contributed by atoms with Crippen molar-refractivity contribution in [3.05, 3.63) is 41.7 Å². The predicted molar refractivity (Wildman–Crippen MR) is 80.3 cm³/mol. The lowest BCUT2D eigenvalue weighted by atomic mass is 10.2. The van der Waals surface area contributed by atoms with Crippen molar-refractivity contribution in [3.8, 4) is 0 Å². The van der Waals surface area contributed by atoms with Crippen LogP contribution in [0.5, 0.6) is 0 Å². The number of nitrogens with zero attached hydrogens (tertiary/aromatic N) is 4. The molecule has 0 fully saturated rings. The Morgan fingerprint density at radius 3 is 2.91 bits per heavy atom. The summed E-state index contributed by atoms with van der Waals surface area (Å²) >= 11 is 0. The largest absolute Gasteiger partial charge is 0.339 e. The van der Waals surface area contributed by atoms with Gasteiger partial charge in [-0.25, -0.2) is 0 Å². The maximum Gasteiger partial charge on any atom is 0.273 e. The fourth-order valence-electron chi connectivity index (χ4n) is 2.30. The van der Waals surface area contributed by atoms with E-state index in [1.807, 2.05) is 38.2 Å². The quantitative estimate of drug-likeness (QED) is 0.796. The summed E-state index contributed by atoms with van der Waals surface area (Å²) in [4.78, 5) is 16.7. The van der Waals surface area contributed by atoms with Crippen molar-refractivity contribution in [1.82, 2.24) is 25.2 Å². The molecule has 2 aromatic heterocycles. The summed E-state index contributed by atoms with van der Waals surface area (Å²) in [6, 6.07) is 7.23. The average molecular weight is 299 g/mol. The molecule has 0 aliphatic carbocycles. The molecule has 0 radical (unpaired) electrons. The summed E-state index contributed by atoms with van der Waals surface area (Å²) in [6.07, 6.45) is 0.690. The molecule has 0 bridgehead atoms. The van der Waals surface area contributed by atoms with Crippen LogP contribution >= 0.6 is 0 Å². The van der Waals surface area contributed by atoms with Gasteiger partial charge < -0.3 is 9.84 Å². The zero-order chi connectivity index (χ0) is 15.7. The molecule has 7 heteroatoms. The smallest absolute Gasteiger partial charge is 0.273 e. The van der Waals surface area contributed by atoms with Gasteiger partial charge in [0.2, 0.25) is 5.89 Å². The van der Waals surface area contributed by atoms with Gasteiger partial charge in [0.25, 0.3) is 5.91 Å². The van der Waals surface area contributed by atoms with E-state index in [4.69, 9.17) is 4.52 Å². The van der Waals surface area contributed by atoms with Gasteiger partial charge >= 0.3 is 0 Å². The number of rotatable bonds is 4. The Morgan fingerprint density at radius 1 is 1.41 bits per heavy atom. The van der Waals surface area contributed by atoms with Crippen molar-refractivity contribution in [2.24, 2.45) is 7.05 Å². The monoisotopic (exact) mass is 299 g/mol. The van der Waals surface area contributed by atoms with Crippen molar-refractivity contribution in [1.29, 1.82) is 0 Å². The Hall–Kier alpha value is -2.70. The third-order valence-corrected chi connectivity index (χ3v) is 3.49. The molecule has 7 nitrogen and oxygen atoms in total. The maximum atomic E-state index is 12.5. The van der Waals surface area contributed by atoms with Gasteiger partial charge in [-0.1, -0.05) is 30.3 Å². The van der Waals surface area contributed by atoms with Gasteiger partial charge in [0.05, 0.1) is 5.52 Å². The van der Waals surface area contributed by atoms with E-state index in [-0.39, 0.29) is 11.9 Å². The van der Waals surface area contributed by atoms with Crippen molar-refractivity contribution in [2.75, 3.05) is 0 Å². The topological polar surface area (TPSA) is 85.8 Å². The molecule has 22 heavy (non-hydrogen) atoms. The van der Waals surface area contributed by atoms with E-state index in [0.29, 0.717) is 23.8 Å². The standard InChI is InChI=1S/C15H17N5O2/c1-4-12-17-15(22-19-12)9(2)16-14(21)13-10-7-5-6-8-11(10)20(3)18-13/h5-9H,4H2,1-3H3,(H,16,21)/t9-/m0/s1. The van der Waals surface area contributed by atoms with E-state index >= 15 is 0 Å². The molecule has 1 atom stereocenters. The van der Waals surface area contributed by atoms with Crippen molar-refractivity contribution in [3.63, 3.8) is 0 Å². The summed E-state index contributed by atoms with van der Waals surface area (Å²) in [5.41, 5.74) is 1.30. The number of fused-ring (bicyclic) bond motifs is 1. The van der Waals surface area contributed by atoms with Crippen LogP contribution in [0.25, 0.3) is 10.9 Å². The summed E-state index contributed by atoms with van der Waals surface area (Å²) in [5, 5.41) is 11.8. The van der Waals surface area contributed by atoms with Crippen LogP contribution in [0.3, 0.4) is 0 Å². The highest BCUT2D eigenvalue weighted by Gasteiger charge is 2.21. The molecule has 1 N–H and O–H groups in total. The van der Waals surface area contributed by atoms with Gasteiger partial charge in [-0.05, 0) is 13.0 Å². The van der Waals surface area contributed by atoms with E-state index in [9.17, 15) is 4.79 Å². The fourth-order valence-corrected chi connectivity index (χ4v) is 2.30. The van der Waals surface area contributed by atoms with Gasteiger partial charge in [0, 0.05) is 18.9 Å². The Balaban J connectivity index is 1.84. The number of carbonyl (C=O) groups is 1. The van der Waals surface area contributed by atoms with Crippen molar-refractivity contribution in [2.45, 2.75) is 26.3 Å². The second-order valence-electron chi connectivity index (χ2n) is 5.09. The lowest BCUT2D eigenvalue weighted by Gasteiger charge is -2.08. The summed E-state index contributed by atoms with van der Waals surface area (Å²) < 4.78 is 6.84. The Kier molecular flexibility index (Phi) is 3.62. The van der Waals surface area contributed by atoms with E-state index in [0.717, 1.165) is 10.9 Å². The number of aromatic nitrogens is 4. The molecule has 0 aliphatic heterocycles. The number of aryl methyl sites for hydroxylation is 2. The van der Waals surface area contributed by atoms with Crippen LogP contribution < -0.4 is 5.32 Å². The van der Waals surface area contributed by atoms with Gasteiger partial charge in [0.1, 0.15) is 6.04 Å². The highest BCUT2D eigenvalue weighted by molar-refractivity contribution is 6.04. The molecule has 2 heterocycles. The van der Waals surface area contributed by atoms with Crippen LogP contribution in [0.4, 0.5) is 0 Å². The summed E-state index contributed by atoms with van der Waals surface area (Å²) in [5.74, 6) is 0.755. The highest BCUT2D eigenvalue weighted by atomic mass is 16.5. The number of carbonyl (C=O) groups excluding carboxylic acids is 1. The summed E-state index contributed by atoms with van der Waals surface area (Å²) in [6.45, 7) is 3.74. The lowest BCUT2D eigenvalue weighted by molar-refractivity contribution is 0.0928. The molecule has 1 amide bonds. The van der Waals surface area contributed by atoms with Crippen LogP contribution in [0.15, 0.2) is 28.8 Å². The third kappa shape index (κ3) is 2.45. The van der Waals surface area contributed by atoms with E-state index < -0.39 is 0 Å². The first-order valence-electron chi connectivity index (χ1n) is 7.15. The lowest BCUT2D eigenvalue weighted by Crippen LogP contribution is -2.27. The molecular weight excluding hydrogens is 282 g/mol. The zero-order valence-corrected chi connectivity index (χ0v) is 12.7. The van der Waals surface area contributed by atoms with Gasteiger partial charge in [0.15, 0.2) is 11.5 Å². The number of amides is 1. The zero-order valence-electron chi connectivity index (χ0n) is 12.7. The van der Waals surface area contributed by atoms with E-state index in [2.05, 4.69) is 20.6 Å². The predicted octanol–water partition coefficient (Wildman–Crippen LogP) is 2.01. The van der Waals surface area contributed by atoms with Crippen LogP contribution in [0.1, 0.15) is 42.1 Å². The van der Waals surface area contributed by atoms with E-state index in [1.54, 1.807) is 11.6 Å². The minimum absolute atomic E-state index is 0.263. The Labute approximate surface area is 127 Å². The normalized spacial score (nSPS) is 12.5. The van der Waals surface area contributed by atoms with Crippen LogP contribution in [0.2, 0.25) is 0 Å². The molecule has 114 valence electrons. The number of hydrogen-bond donors (Lipinski definition) is 1. The Bertz CT molecular complexity index is 820. The molecule has 0 unspecified atom stereocenters. The average Bonchev–Trinajstić information content (AvgIpc) is 3.13. The molecular formula is C15H17N5O2. The third-order valence-electron chi connectivity index (χ3n) is 3.49. The van der Waals surface area contributed by atoms with Crippen LogP contribution in [-0.4, -0.2) is 25.8 Å². The van der Waals surface area contributed by atoms with Gasteiger partial charge in [-0.2, -0.15) is 10.1 Å². The maximum absolute atomic E-state index is 12.5. The van der Waals surface area contributed by atoms with Crippen molar-refractivity contribution >= 4 is 16.8 Å². The number of para-hydroxylation sites is 1. The Morgan fingerprint density at radius 2 is 2.18 bits per heavy atom. The first-order chi connectivity index (χ1) is 10.6. The minimum Gasteiger partial charge on any atom is -0.339 e. The molecule has 0 aliphatic rings. The molecule has 1 aromatic carbocycles. The number of benzene rings is 1. The molecule has 0 spiro atoms. The van der Waals surface area contributed by atoms with E-state index in [1.165, 1.54) is 0 Å². The number of nitrogens with one attached hydrogen (secondary N) is 1. The van der Waals surface area contributed by atoms with Crippen molar-refractivity contribution < 1.29 is 9.32 Å². The molecule has 0 saturated heterocycles. The fraction of sp³-hybridized carbons (Fsp3) is 0.333. The summed E-state index contributed by atoms with van der Waals surface area (Å²) in [7, 11) is 1.81. The highest BCUT2D eigenvalue weighted by Crippen LogP contribution is 2.18. The molecule has 3 rings (SSSR count).